The second-order valence-corrected chi connectivity index (χ2v) is 10.6. The van der Waals surface area contributed by atoms with Gasteiger partial charge in [-0.2, -0.15) is 0 Å². The fourth-order valence-corrected chi connectivity index (χ4v) is 5.02. The molecule has 0 radical (unpaired) electrons. The average molecular weight is 490 g/mol. The highest BCUT2D eigenvalue weighted by Gasteiger charge is 2.31. The van der Waals surface area contributed by atoms with Crippen LogP contribution in [0, 0.1) is 5.82 Å². The number of rotatable bonds is 9. The molecule has 2 amide bonds. The zero-order chi connectivity index (χ0) is 24.7. The van der Waals surface area contributed by atoms with Gasteiger partial charge in [-0.3, -0.25) is 13.9 Å². The second-order valence-electron chi connectivity index (χ2n) is 8.74. The normalized spacial score (nSPS) is 15.4. The van der Waals surface area contributed by atoms with Crippen LogP contribution in [0.3, 0.4) is 0 Å². The molecular weight excluding hydrogens is 457 g/mol. The molecule has 0 bridgehead atoms. The van der Waals surface area contributed by atoms with Crippen LogP contribution in [0.15, 0.2) is 54.6 Å². The minimum absolute atomic E-state index is 0.0472. The maximum Gasteiger partial charge on any atom is 0.244 e. The van der Waals surface area contributed by atoms with Crippen LogP contribution in [0.25, 0.3) is 0 Å². The molecule has 1 N–H and O–H groups in total. The van der Waals surface area contributed by atoms with Crippen molar-refractivity contribution in [3.05, 3.63) is 66.0 Å². The number of hydrogen-bond acceptors (Lipinski definition) is 4. The molecule has 9 heteroatoms. The quantitative estimate of drug-likeness (QED) is 0.585. The molecule has 34 heavy (non-hydrogen) atoms. The smallest absolute Gasteiger partial charge is 0.244 e. The van der Waals surface area contributed by atoms with Crippen LogP contribution < -0.4 is 9.62 Å². The third-order valence-electron chi connectivity index (χ3n) is 6.14. The predicted molar refractivity (Wildman–Crippen MR) is 130 cm³/mol. The molecule has 0 spiro atoms. The lowest BCUT2D eigenvalue weighted by atomic mass is 9.95. The summed E-state index contributed by atoms with van der Waals surface area (Å²) < 4.78 is 40.4. The van der Waals surface area contributed by atoms with Gasteiger partial charge < -0.3 is 10.2 Å². The topological polar surface area (TPSA) is 86.8 Å². The van der Waals surface area contributed by atoms with Crippen molar-refractivity contribution in [2.75, 3.05) is 17.1 Å². The number of amides is 2. The Kier molecular flexibility index (Phi) is 8.66. The zero-order valence-electron chi connectivity index (χ0n) is 19.6. The van der Waals surface area contributed by atoms with E-state index >= 15 is 0 Å². The molecule has 0 unspecified atom stereocenters. The highest BCUT2D eigenvalue weighted by Crippen LogP contribution is 2.20. The van der Waals surface area contributed by atoms with Crippen molar-refractivity contribution in [1.82, 2.24) is 10.2 Å². The third kappa shape index (κ3) is 6.79. The van der Waals surface area contributed by atoms with Gasteiger partial charge in [0.15, 0.2) is 0 Å². The second kappa shape index (κ2) is 11.5. The monoisotopic (exact) mass is 489 g/mol. The van der Waals surface area contributed by atoms with Gasteiger partial charge in [0.1, 0.15) is 18.4 Å². The number of hydrogen-bond donors (Lipinski definition) is 1. The predicted octanol–water partition coefficient (Wildman–Crippen LogP) is 3.46. The van der Waals surface area contributed by atoms with E-state index in [9.17, 15) is 22.4 Å². The Morgan fingerprint density at radius 3 is 2.26 bits per heavy atom. The lowest BCUT2D eigenvalue weighted by Gasteiger charge is -2.33. The van der Waals surface area contributed by atoms with Gasteiger partial charge in [-0.05, 0) is 38.0 Å². The van der Waals surface area contributed by atoms with Gasteiger partial charge >= 0.3 is 0 Å². The van der Waals surface area contributed by atoms with E-state index in [-0.39, 0.29) is 24.1 Å². The summed E-state index contributed by atoms with van der Waals surface area (Å²) in [5.41, 5.74) is 0.585. The zero-order valence-corrected chi connectivity index (χ0v) is 20.4. The van der Waals surface area contributed by atoms with Crippen LogP contribution in [0.4, 0.5) is 10.1 Å². The Bertz CT molecular complexity index is 1090. The summed E-state index contributed by atoms with van der Waals surface area (Å²) in [4.78, 5) is 27.7. The number of halogens is 1. The molecule has 0 heterocycles. The van der Waals surface area contributed by atoms with E-state index in [1.165, 1.54) is 11.0 Å². The van der Waals surface area contributed by atoms with Crippen molar-refractivity contribution in [3.8, 4) is 0 Å². The molecule has 0 aliphatic heterocycles. The van der Waals surface area contributed by atoms with Crippen LogP contribution in [0.1, 0.15) is 44.6 Å². The molecule has 1 fully saturated rings. The first-order valence-corrected chi connectivity index (χ1v) is 13.4. The molecule has 184 valence electrons. The van der Waals surface area contributed by atoms with Crippen LogP contribution in [-0.2, 0) is 26.2 Å². The average Bonchev–Trinajstić information content (AvgIpc) is 2.82. The number of anilines is 1. The molecule has 2 aromatic rings. The summed E-state index contributed by atoms with van der Waals surface area (Å²) in [5, 5.41) is 3.01. The van der Waals surface area contributed by atoms with E-state index in [1.807, 2.05) is 0 Å². The molecular formula is C25H32FN3O4S. The number of para-hydroxylation sites is 1. The fourth-order valence-electron chi connectivity index (χ4n) is 4.17. The Balaban J connectivity index is 1.86. The minimum Gasteiger partial charge on any atom is -0.352 e. The molecule has 3 rings (SSSR count). The standard InChI is InChI=1S/C25H32FN3O4S/c1-19(25(31)27-21-12-5-3-6-13-21)28(17-20-11-9-10-16-23(20)26)24(30)18-29(34(2,32)33)22-14-7-4-8-15-22/h4,7-11,14-16,19,21H,3,5-6,12-13,17-18H2,1-2H3,(H,27,31)/t19-/m0/s1. The summed E-state index contributed by atoms with van der Waals surface area (Å²) in [6.07, 6.45) is 6.01. The maximum absolute atomic E-state index is 14.4. The van der Waals surface area contributed by atoms with Gasteiger partial charge in [0, 0.05) is 18.2 Å². The highest BCUT2D eigenvalue weighted by atomic mass is 32.2. The van der Waals surface area contributed by atoms with E-state index in [1.54, 1.807) is 55.5 Å². The molecule has 1 saturated carbocycles. The number of sulfonamides is 1. The third-order valence-corrected chi connectivity index (χ3v) is 7.28. The fraction of sp³-hybridized carbons (Fsp3) is 0.440. The van der Waals surface area contributed by atoms with Gasteiger partial charge in [0.05, 0.1) is 11.9 Å². The van der Waals surface area contributed by atoms with Crippen molar-refractivity contribution >= 4 is 27.5 Å². The first-order valence-electron chi connectivity index (χ1n) is 11.5. The molecule has 0 aromatic heterocycles. The van der Waals surface area contributed by atoms with Crippen LogP contribution in [0.5, 0.6) is 0 Å². The van der Waals surface area contributed by atoms with Crippen molar-refractivity contribution in [3.63, 3.8) is 0 Å². The number of nitrogens with one attached hydrogen (secondary N) is 1. The van der Waals surface area contributed by atoms with E-state index in [0.29, 0.717) is 5.69 Å². The summed E-state index contributed by atoms with van der Waals surface area (Å²) in [7, 11) is -3.79. The van der Waals surface area contributed by atoms with E-state index < -0.39 is 34.3 Å². The summed E-state index contributed by atoms with van der Waals surface area (Å²) in [6.45, 7) is 0.930. The molecule has 1 atom stereocenters. The molecule has 0 saturated heterocycles. The molecule has 2 aromatic carbocycles. The van der Waals surface area contributed by atoms with Gasteiger partial charge in [-0.15, -0.1) is 0 Å². The van der Waals surface area contributed by atoms with E-state index in [2.05, 4.69) is 5.32 Å². The van der Waals surface area contributed by atoms with Crippen LogP contribution in [-0.4, -0.2) is 50.0 Å². The van der Waals surface area contributed by atoms with Gasteiger partial charge in [-0.25, -0.2) is 12.8 Å². The number of carbonyl (C=O) groups is 2. The summed E-state index contributed by atoms with van der Waals surface area (Å²) in [6, 6.07) is 13.5. The maximum atomic E-state index is 14.4. The lowest BCUT2D eigenvalue weighted by molar-refractivity contribution is -0.139. The van der Waals surface area contributed by atoms with E-state index in [0.717, 1.165) is 42.7 Å². The van der Waals surface area contributed by atoms with Crippen LogP contribution in [0.2, 0.25) is 0 Å². The number of carbonyl (C=O) groups excluding carboxylic acids is 2. The molecule has 1 aliphatic carbocycles. The SMILES string of the molecule is C[C@@H](C(=O)NC1CCCCC1)N(Cc1ccccc1F)C(=O)CN(c1ccccc1)S(C)(=O)=O. The van der Waals surface area contributed by atoms with Crippen molar-refractivity contribution in [1.29, 1.82) is 0 Å². The first-order chi connectivity index (χ1) is 16.2. The molecule has 1 aliphatic rings. The summed E-state index contributed by atoms with van der Waals surface area (Å²) >= 11 is 0. The highest BCUT2D eigenvalue weighted by molar-refractivity contribution is 7.92. The van der Waals surface area contributed by atoms with E-state index in [4.69, 9.17) is 0 Å². The van der Waals surface area contributed by atoms with Gasteiger partial charge in [-0.1, -0.05) is 55.7 Å². The Hall–Kier alpha value is -2.94. The Morgan fingerprint density at radius 1 is 1.03 bits per heavy atom. The van der Waals surface area contributed by atoms with Crippen molar-refractivity contribution < 1.29 is 22.4 Å². The van der Waals surface area contributed by atoms with Crippen molar-refractivity contribution in [2.45, 2.75) is 57.7 Å². The largest absolute Gasteiger partial charge is 0.352 e. The van der Waals surface area contributed by atoms with Crippen LogP contribution >= 0.6 is 0 Å². The Morgan fingerprint density at radius 2 is 1.65 bits per heavy atom. The van der Waals surface area contributed by atoms with Gasteiger partial charge in [0.25, 0.3) is 0 Å². The van der Waals surface area contributed by atoms with Gasteiger partial charge in [0.2, 0.25) is 21.8 Å². The van der Waals surface area contributed by atoms with Crippen molar-refractivity contribution in [2.24, 2.45) is 0 Å². The Labute approximate surface area is 201 Å². The number of nitrogens with zero attached hydrogens (tertiary/aromatic N) is 2. The molecule has 7 nitrogen and oxygen atoms in total. The minimum atomic E-state index is -3.79. The summed E-state index contributed by atoms with van der Waals surface area (Å²) in [5.74, 6) is -1.42. The first kappa shape index (κ1) is 25.7. The number of benzene rings is 2. The lowest BCUT2D eigenvalue weighted by Crippen LogP contribution is -2.53.